The third kappa shape index (κ3) is 6.31. The van der Waals surface area contributed by atoms with Crippen LogP contribution in [-0.4, -0.2) is 25.4 Å². The van der Waals surface area contributed by atoms with Gasteiger partial charge >= 0.3 is 0 Å². The topological polar surface area (TPSA) is 50.7 Å². The minimum Gasteiger partial charge on any atom is -0.493 e. The molecular formula is C21H28BrNO3. The predicted molar refractivity (Wildman–Crippen MR) is 109 cm³/mol. The standard InChI is InChI=1S/C21H28BrNO3/c1-16-6-8-17(9-7-16)15-26-21-18(14-23-12-4-3-5-13-24)19(22)10-11-20(21)25-2/h6-11,23-24H,3-5,12-15H2,1-2H3. The van der Waals surface area contributed by atoms with Gasteiger partial charge in [-0.15, -0.1) is 0 Å². The van der Waals surface area contributed by atoms with Crippen LogP contribution in [0, 0.1) is 6.92 Å². The summed E-state index contributed by atoms with van der Waals surface area (Å²) in [5.74, 6) is 1.50. The third-order valence-corrected chi connectivity index (χ3v) is 4.95. The van der Waals surface area contributed by atoms with Crippen molar-refractivity contribution >= 4 is 15.9 Å². The highest BCUT2D eigenvalue weighted by molar-refractivity contribution is 9.10. The maximum atomic E-state index is 8.84. The summed E-state index contributed by atoms with van der Waals surface area (Å²) in [5, 5.41) is 12.3. The van der Waals surface area contributed by atoms with Crippen LogP contribution in [0.2, 0.25) is 0 Å². The largest absolute Gasteiger partial charge is 0.493 e. The zero-order chi connectivity index (χ0) is 18.8. The van der Waals surface area contributed by atoms with Gasteiger partial charge in [-0.1, -0.05) is 45.8 Å². The van der Waals surface area contributed by atoms with E-state index >= 15 is 0 Å². The molecule has 0 aliphatic heterocycles. The van der Waals surface area contributed by atoms with Crippen molar-refractivity contribution in [1.29, 1.82) is 0 Å². The van der Waals surface area contributed by atoms with Gasteiger partial charge in [0, 0.05) is 23.2 Å². The Kier molecular flexibility index (Phi) is 8.95. The Bertz CT molecular complexity index is 674. The minimum absolute atomic E-state index is 0.262. The van der Waals surface area contributed by atoms with Gasteiger partial charge in [-0.05, 0) is 50.4 Å². The van der Waals surface area contributed by atoms with E-state index in [-0.39, 0.29) is 6.61 Å². The summed E-state index contributed by atoms with van der Waals surface area (Å²) in [6.45, 7) is 4.43. The van der Waals surface area contributed by atoms with E-state index in [4.69, 9.17) is 14.6 Å². The predicted octanol–water partition coefficient (Wildman–Crippen LogP) is 4.60. The molecule has 0 aromatic heterocycles. The normalized spacial score (nSPS) is 10.8. The molecule has 0 aliphatic carbocycles. The van der Waals surface area contributed by atoms with Crippen molar-refractivity contribution in [2.75, 3.05) is 20.3 Å². The second kappa shape index (κ2) is 11.2. The van der Waals surface area contributed by atoms with Crippen molar-refractivity contribution in [1.82, 2.24) is 5.32 Å². The Labute approximate surface area is 164 Å². The molecule has 0 amide bonds. The summed E-state index contributed by atoms with van der Waals surface area (Å²) in [6.07, 6.45) is 2.93. The van der Waals surface area contributed by atoms with Gasteiger partial charge in [0.15, 0.2) is 11.5 Å². The Morgan fingerprint density at radius 3 is 2.50 bits per heavy atom. The maximum absolute atomic E-state index is 8.84. The molecule has 0 unspecified atom stereocenters. The fourth-order valence-electron chi connectivity index (χ4n) is 2.66. The molecule has 0 heterocycles. The number of nitrogens with one attached hydrogen (secondary N) is 1. The zero-order valence-corrected chi connectivity index (χ0v) is 17.1. The summed E-state index contributed by atoms with van der Waals surface area (Å²) >= 11 is 3.63. The summed E-state index contributed by atoms with van der Waals surface area (Å²) in [4.78, 5) is 0. The molecule has 0 saturated carbocycles. The van der Waals surface area contributed by atoms with Crippen LogP contribution in [0.25, 0.3) is 0 Å². The summed E-state index contributed by atoms with van der Waals surface area (Å²) in [5.41, 5.74) is 3.42. The zero-order valence-electron chi connectivity index (χ0n) is 15.6. The second-order valence-corrected chi connectivity index (χ2v) is 7.15. The number of hydrogen-bond donors (Lipinski definition) is 2. The molecule has 0 atom stereocenters. The van der Waals surface area contributed by atoms with E-state index in [1.807, 2.05) is 12.1 Å². The Morgan fingerprint density at radius 1 is 1.04 bits per heavy atom. The van der Waals surface area contributed by atoms with Gasteiger partial charge in [0.25, 0.3) is 0 Å². The van der Waals surface area contributed by atoms with E-state index in [0.29, 0.717) is 13.2 Å². The highest BCUT2D eigenvalue weighted by Crippen LogP contribution is 2.36. The fourth-order valence-corrected chi connectivity index (χ4v) is 3.11. The smallest absolute Gasteiger partial charge is 0.167 e. The number of halogens is 1. The number of unbranched alkanes of at least 4 members (excludes halogenated alkanes) is 2. The van der Waals surface area contributed by atoms with Crippen LogP contribution in [0.5, 0.6) is 11.5 Å². The molecule has 0 fully saturated rings. The van der Waals surface area contributed by atoms with E-state index < -0.39 is 0 Å². The lowest BCUT2D eigenvalue weighted by molar-refractivity contribution is 0.279. The van der Waals surface area contributed by atoms with Crippen LogP contribution in [0.15, 0.2) is 40.9 Å². The molecule has 2 N–H and O–H groups in total. The molecule has 2 aromatic rings. The van der Waals surface area contributed by atoms with Crippen molar-refractivity contribution in [2.45, 2.75) is 39.3 Å². The first-order chi connectivity index (χ1) is 12.7. The van der Waals surface area contributed by atoms with Crippen molar-refractivity contribution < 1.29 is 14.6 Å². The van der Waals surface area contributed by atoms with E-state index in [1.54, 1.807) is 7.11 Å². The first-order valence-electron chi connectivity index (χ1n) is 9.01. The van der Waals surface area contributed by atoms with Crippen molar-refractivity contribution in [2.24, 2.45) is 0 Å². The van der Waals surface area contributed by atoms with Gasteiger partial charge in [-0.2, -0.15) is 0 Å². The summed E-state index contributed by atoms with van der Waals surface area (Å²) in [6, 6.07) is 12.2. The number of methoxy groups -OCH3 is 1. The maximum Gasteiger partial charge on any atom is 0.167 e. The van der Waals surface area contributed by atoms with E-state index in [1.165, 1.54) is 5.56 Å². The molecule has 0 radical (unpaired) electrons. The molecule has 4 nitrogen and oxygen atoms in total. The molecule has 0 aliphatic rings. The number of ether oxygens (including phenoxy) is 2. The Balaban J connectivity index is 2.04. The van der Waals surface area contributed by atoms with Crippen LogP contribution in [0.3, 0.4) is 0 Å². The molecule has 26 heavy (non-hydrogen) atoms. The van der Waals surface area contributed by atoms with Gasteiger partial charge in [-0.25, -0.2) is 0 Å². The summed E-state index contributed by atoms with van der Waals surface area (Å²) in [7, 11) is 1.66. The molecule has 142 valence electrons. The van der Waals surface area contributed by atoms with Crippen molar-refractivity contribution in [3.05, 3.63) is 57.6 Å². The lowest BCUT2D eigenvalue weighted by Crippen LogP contribution is -2.16. The molecule has 5 heteroatoms. The third-order valence-electron chi connectivity index (χ3n) is 4.20. The number of aliphatic hydroxyl groups is 1. The van der Waals surface area contributed by atoms with Gasteiger partial charge in [0.1, 0.15) is 6.61 Å². The van der Waals surface area contributed by atoms with Gasteiger partial charge in [0.05, 0.1) is 7.11 Å². The SMILES string of the molecule is COc1ccc(Br)c(CNCCCCCO)c1OCc1ccc(C)cc1. The highest BCUT2D eigenvalue weighted by Gasteiger charge is 2.14. The van der Waals surface area contributed by atoms with Crippen LogP contribution >= 0.6 is 15.9 Å². The average Bonchev–Trinajstić information content (AvgIpc) is 2.65. The monoisotopic (exact) mass is 421 g/mol. The summed E-state index contributed by atoms with van der Waals surface area (Å²) < 4.78 is 12.6. The molecule has 0 saturated heterocycles. The van der Waals surface area contributed by atoms with Crippen LogP contribution in [0.4, 0.5) is 0 Å². The number of benzene rings is 2. The fraction of sp³-hybridized carbons (Fsp3) is 0.429. The molecule has 0 bridgehead atoms. The highest BCUT2D eigenvalue weighted by atomic mass is 79.9. The molecule has 2 aromatic carbocycles. The number of aryl methyl sites for hydroxylation is 1. The quantitative estimate of drug-likeness (QED) is 0.520. The molecular weight excluding hydrogens is 394 g/mol. The lowest BCUT2D eigenvalue weighted by Gasteiger charge is -2.17. The van der Waals surface area contributed by atoms with Gasteiger partial charge in [-0.3, -0.25) is 0 Å². The van der Waals surface area contributed by atoms with Crippen molar-refractivity contribution in [3.63, 3.8) is 0 Å². The number of rotatable bonds is 11. The van der Waals surface area contributed by atoms with E-state index in [2.05, 4.69) is 52.4 Å². The van der Waals surface area contributed by atoms with Crippen molar-refractivity contribution in [3.8, 4) is 11.5 Å². The van der Waals surface area contributed by atoms with Crippen LogP contribution in [-0.2, 0) is 13.2 Å². The van der Waals surface area contributed by atoms with Gasteiger partial charge in [0.2, 0.25) is 0 Å². The molecule has 0 spiro atoms. The van der Waals surface area contributed by atoms with E-state index in [0.717, 1.165) is 52.9 Å². The first-order valence-corrected chi connectivity index (χ1v) is 9.80. The van der Waals surface area contributed by atoms with E-state index in [9.17, 15) is 0 Å². The second-order valence-electron chi connectivity index (χ2n) is 6.29. The van der Waals surface area contributed by atoms with Crippen LogP contribution in [0.1, 0.15) is 36.0 Å². The lowest BCUT2D eigenvalue weighted by atomic mass is 10.1. The minimum atomic E-state index is 0.262. The van der Waals surface area contributed by atoms with Gasteiger partial charge < -0.3 is 19.9 Å². The number of aliphatic hydroxyl groups excluding tert-OH is 1. The Morgan fingerprint density at radius 2 is 1.81 bits per heavy atom. The first kappa shape index (κ1) is 20.7. The average molecular weight is 422 g/mol. The molecule has 2 rings (SSSR count). The number of hydrogen-bond acceptors (Lipinski definition) is 4. The Hall–Kier alpha value is -1.56. The van der Waals surface area contributed by atoms with Crippen LogP contribution < -0.4 is 14.8 Å².